The van der Waals surface area contributed by atoms with Gasteiger partial charge in [-0.2, -0.15) is 5.10 Å². The van der Waals surface area contributed by atoms with Gasteiger partial charge in [0.05, 0.1) is 25.6 Å². The van der Waals surface area contributed by atoms with Gasteiger partial charge in [-0.25, -0.2) is 5.43 Å². The van der Waals surface area contributed by atoms with Crippen LogP contribution in [0.2, 0.25) is 0 Å². The Morgan fingerprint density at radius 3 is 2.56 bits per heavy atom. The number of hydrogen-bond acceptors (Lipinski definition) is 5. The molecule has 0 aliphatic heterocycles. The van der Waals surface area contributed by atoms with Crippen LogP contribution in [0.4, 0.5) is 5.69 Å². The Kier molecular flexibility index (Phi) is 7.27. The van der Waals surface area contributed by atoms with Gasteiger partial charge in [0.1, 0.15) is 0 Å². The predicted octanol–water partition coefficient (Wildman–Crippen LogP) is 4.25. The Balaban J connectivity index is 1.91. The summed E-state index contributed by atoms with van der Waals surface area (Å²) in [5.74, 6) is 0.0733. The Morgan fingerprint density at radius 1 is 1.24 bits per heavy atom. The van der Waals surface area contributed by atoms with E-state index in [0.29, 0.717) is 11.3 Å². The summed E-state index contributed by atoms with van der Waals surface area (Å²) < 4.78 is 7.56. The van der Waals surface area contributed by atoms with Gasteiger partial charge >= 0.3 is 0 Å². The number of carbonyl (C=O) groups excluding carboxylic acids is 1. The molecule has 25 heavy (non-hydrogen) atoms. The van der Waals surface area contributed by atoms with Crippen LogP contribution in [-0.4, -0.2) is 30.9 Å². The van der Waals surface area contributed by atoms with Gasteiger partial charge in [0.15, 0.2) is 11.5 Å². The second-order valence-corrected chi connectivity index (χ2v) is 7.45. The molecule has 2 aromatic carbocycles. The summed E-state index contributed by atoms with van der Waals surface area (Å²) in [5.41, 5.74) is 3.88. The fraction of sp³-hybridized carbons (Fsp3) is 0.125. The fourth-order valence-electron chi connectivity index (χ4n) is 1.87. The highest BCUT2D eigenvalue weighted by Gasteiger charge is 2.08. The molecule has 0 spiro atoms. The van der Waals surface area contributed by atoms with Gasteiger partial charge in [-0.05, 0) is 67.8 Å². The summed E-state index contributed by atoms with van der Waals surface area (Å²) in [6.07, 6.45) is 1.46. The molecule has 0 bridgehead atoms. The Morgan fingerprint density at radius 2 is 1.92 bits per heavy atom. The van der Waals surface area contributed by atoms with Gasteiger partial charge < -0.3 is 15.2 Å². The first-order valence-corrected chi connectivity index (χ1v) is 9.36. The number of amides is 1. The molecule has 0 unspecified atom stereocenters. The molecule has 0 heterocycles. The number of benzene rings is 2. The predicted molar refractivity (Wildman–Crippen MR) is 108 cm³/mol. The molecular formula is C16H14Br3N3O3. The number of phenols is 1. The number of carbonyl (C=O) groups is 1. The van der Waals surface area contributed by atoms with E-state index in [9.17, 15) is 9.90 Å². The first kappa shape index (κ1) is 19.7. The topological polar surface area (TPSA) is 83.0 Å². The number of phenolic OH excluding ortho intramolecular Hbond substituents is 1. The fourth-order valence-corrected chi connectivity index (χ4v) is 4.41. The number of rotatable bonds is 6. The molecule has 0 saturated heterocycles. The van der Waals surface area contributed by atoms with Gasteiger partial charge in [0, 0.05) is 13.4 Å². The highest BCUT2D eigenvalue weighted by molar-refractivity contribution is 9.11. The molecule has 0 fully saturated rings. The zero-order valence-electron chi connectivity index (χ0n) is 13.0. The third-order valence-electron chi connectivity index (χ3n) is 3.04. The maximum atomic E-state index is 11.9. The number of anilines is 1. The maximum absolute atomic E-state index is 11.9. The van der Waals surface area contributed by atoms with Crippen LogP contribution >= 0.6 is 47.8 Å². The number of hydrogen-bond donors (Lipinski definition) is 3. The minimum absolute atomic E-state index is 0.0403. The van der Waals surface area contributed by atoms with Gasteiger partial charge in [-0.3, -0.25) is 4.79 Å². The number of halogens is 3. The normalized spacial score (nSPS) is 10.7. The third-order valence-corrected chi connectivity index (χ3v) is 4.75. The van der Waals surface area contributed by atoms with Crippen LogP contribution in [0.1, 0.15) is 5.56 Å². The SMILES string of the molecule is COc1cc(C=NNC(=O)CNc2c(Br)cc(Br)cc2Br)ccc1O. The van der Waals surface area contributed by atoms with Crippen molar-refractivity contribution in [1.29, 1.82) is 0 Å². The van der Waals surface area contributed by atoms with E-state index in [0.717, 1.165) is 19.1 Å². The summed E-state index contributed by atoms with van der Waals surface area (Å²) in [6, 6.07) is 8.51. The van der Waals surface area contributed by atoms with Crippen molar-refractivity contribution in [2.45, 2.75) is 0 Å². The highest BCUT2D eigenvalue weighted by Crippen LogP contribution is 2.34. The van der Waals surface area contributed by atoms with E-state index in [2.05, 4.69) is 63.6 Å². The first-order valence-electron chi connectivity index (χ1n) is 6.98. The molecule has 9 heteroatoms. The Hall–Kier alpha value is -1.58. The van der Waals surface area contributed by atoms with E-state index in [-0.39, 0.29) is 18.2 Å². The van der Waals surface area contributed by atoms with Crippen molar-refractivity contribution in [3.8, 4) is 11.5 Å². The average Bonchev–Trinajstić information content (AvgIpc) is 2.55. The van der Waals surface area contributed by atoms with Crippen LogP contribution in [-0.2, 0) is 4.79 Å². The molecular weight excluding hydrogens is 522 g/mol. The monoisotopic (exact) mass is 533 g/mol. The van der Waals surface area contributed by atoms with Crippen molar-refractivity contribution in [2.24, 2.45) is 5.10 Å². The van der Waals surface area contributed by atoms with Crippen molar-refractivity contribution >= 4 is 65.6 Å². The standard InChI is InChI=1S/C16H14Br3N3O3/c1-25-14-4-9(2-3-13(14)23)7-21-22-15(24)8-20-16-11(18)5-10(17)6-12(16)19/h2-7,20,23H,8H2,1H3,(H,22,24). The minimum atomic E-state index is -0.302. The average molecular weight is 536 g/mol. The number of ether oxygens (including phenoxy) is 1. The van der Waals surface area contributed by atoms with Crippen LogP contribution in [0.25, 0.3) is 0 Å². The van der Waals surface area contributed by atoms with Gasteiger partial charge in [-0.1, -0.05) is 15.9 Å². The molecule has 2 aromatic rings. The van der Waals surface area contributed by atoms with Crippen LogP contribution in [0.15, 0.2) is 48.9 Å². The molecule has 0 saturated carbocycles. The van der Waals surface area contributed by atoms with Gasteiger partial charge in [0.25, 0.3) is 5.91 Å². The molecule has 0 aliphatic rings. The second kappa shape index (κ2) is 9.21. The van der Waals surface area contributed by atoms with E-state index in [1.807, 2.05) is 12.1 Å². The lowest BCUT2D eigenvalue weighted by Crippen LogP contribution is -2.26. The maximum Gasteiger partial charge on any atom is 0.259 e. The van der Waals surface area contributed by atoms with Crippen molar-refractivity contribution in [3.05, 3.63) is 49.3 Å². The summed E-state index contributed by atoms with van der Waals surface area (Å²) >= 11 is 10.3. The van der Waals surface area contributed by atoms with E-state index in [4.69, 9.17) is 4.74 Å². The lowest BCUT2D eigenvalue weighted by atomic mass is 10.2. The number of hydrazone groups is 1. The Labute approximate surface area is 170 Å². The largest absolute Gasteiger partial charge is 0.504 e. The van der Waals surface area contributed by atoms with Crippen molar-refractivity contribution in [1.82, 2.24) is 5.43 Å². The van der Waals surface area contributed by atoms with Crippen LogP contribution in [0, 0.1) is 0 Å². The summed E-state index contributed by atoms with van der Waals surface area (Å²) in [6.45, 7) is 0.0507. The quantitative estimate of drug-likeness (QED) is 0.381. The molecule has 2 rings (SSSR count). The van der Waals surface area contributed by atoms with E-state index in [1.54, 1.807) is 12.1 Å². The molecule has 0 aromatic heterocycles. The number of methoxy groups -OCH3 is 1. The highest BCUT2D eigenvalue weighted by atomic mass is 79.9. The van der Waals surface area contributed by atoms with Gasteiger partial charge in [-0.15, -0.1) is 0 Å². The Bertz CT molecular complexity index is 789. The van der Waals surface area contributed by atoms with E-state index >= 15 is 0 Å². The van der Waals surface area contributed by atoms with Gasteiger partial charge in [0.2, 0.25) is 0 Å². The van der Waals surface area contributed by atoms with E-state index in [1.165, 1.54) is 19.4 Å². The minimum Gasteiger partial charge on any atom is -0.504 e. The number of nitrogens with zero attached hydrogens (tertiary/aromatic N) is 1. The molecule has 0 atom stereocenters. The summed E-state index contributed by atoms with van der Waals surface area (Å²) in [5, 5.41) is 16.4. The number of aromatic hydroxyl groups is 1. The molecule has 3 N–H and O–H groups in total. The van der Waals surface area contributed by atoms with Crippen molar-refractivity contribution < 1.29 is 14.6 Å². The third kappa shape index (κ3) is 5.72. The zero-order valence-corrected chi connectivity index (χ0v) is 17.8. The molecule has 1 amide bonds. The zero-order chi connectivity index (χ0) is 18.4. The van der Waals surface area contributed by atoms with Crippen LogP contribution < -0.4 is 15.5 Å². The van der Waals surface area contributed by atoms with Crippen LogP contribution in [0.5, 0.6) is 11.5 Å². The number of nitrogens with one attached hydrogen (secondary N) is 2. The van der Waals surface area contributed by atoms with Crippen molar-refractivity contribution in [3.63, 3.8) is 0 Å². The first-order chi connectivity index (χ1) is 11.9. The van der Waals surface area contributed by atoms with Crippen LogP contribution in [0.3, 0.4) is 0 Å². The summed E-state index contributed by atoms with van der Waals surface area (Å²) in [7, 11) is 1.46. The lowest BCUT2D eigenvalue weighted by Gasteiger charge is -2.10. The second-order valence-electron chi connectivity index (χ2n) is 4.82. The molecule has 132 valence electrons. The lowest BCUT2D eigenvalue weighted by molar-refractivity contribution is -0.119. The molecule has 6 nitrogen and oxygen atoms in total. The molecule has 0 aliphatic carbocycles. The summed E-state index contributed by atoms with van der Waals surface area (Å²) in [4.78, 5) is 11.9. The van der Waals surface area contributed by atoms with Crippen molar-refractivity contribution in [2.75, 3.05) is 19.0 Å². The molecule has 0 radical (unpaired) electrons. The smallest absolute Gasteiger partial charge is 0.259 e. The van der Waals surface area contributed by atoms with E-state index < -0.39 is 0 Å².